The maximum absolute atomic E-state index is 10.9. The molecule has 0 saturated heterocycles. The van der Waals surface area contributed by atoms with Crippen LogP contribution in [0.4, 0.5) is 0 Å². The third kappa shape index (κ3) is 3.77. The first-order valence-electron chi connectivity index (χ1n) is 6.19. The Balaban J connectivity index is 1.89. The molecule has 0 atom stereocenters. The molecule has 17 heavy (non-hydrogen) atoms. The number of carbonyl (C=O) groups is 1. The molecule has 0 aromatic heterocycles. The third-order valence-corrected chi connectivity index (χ3v) is 4.65. The summed E-state index contributed by atoms with van der Waals surface area (Å²) in [5, 5.41) is 9.69. The Morgan fingerprint density at radius 3 is 2.76 bits per heavy atom. The zero-order valence-corrected chi connectivity index (χ0v) is 10.7. The average molecular weight is 250 g/mol. The van der Waals surface area contributed by atoms with Crippen LogP contribution in [0.25, 0.3) is 0 Å². The fourth-order valence-corrected chi connectivity index (χ4v) is 3.51. The zero-order valence-electron chi connectivity index (χ0n) is 9.89. The van der Waals surface area contributed by atoms with E-state index in [1.165, 1.54) is 32.1 Å². The standard InChI is InChI=1S/C14H18O2S/c15-14(16)12-6-4-5-11(9-12)10-17-13-7-2-1-3-8-13/h4-6,9,13H,1-3,7-8,10H2,(H,15,16). The van der Waals surface area contributed by atoms with Crippen molar-refractivity contribution in [1.82, 2.24) is 0 Å². The summed E-state index contributed by atoms with van der Waals surface area (Å²) in [5.74, 6) is 0.0979. The third-order valence-electron chi connectivity index (χ3n) is 3.21. The lowest BCUT2D eigenvalue weighted by molar-refractivity contribution is 0.0697. The number of thioether (sulfide) groups is 1. The van der Waals surface area contributed by atoms with Gasteiger partial charge in [0.25, 0.3) is 0 Å². The van der Waals surface area contributed by atoms with E-state index in [4.69, 9.17) is 5.11 Å². The van der Waals surface area contributed by atoms with Crippen LogP contribution in [0, 0.1) is 0 Å². The Labute approximate surface area is 106 Å². The Morgan fingerprint density at radius 1 is 1.29 bits per heavy atom. The van der Waals surface area contributed by atoms with Gasteiger partial charge in [-0.2, -0.15) is 11.8 Å². The molecule has 1 aliphatic carbocycles. The van der Waals surface area contributed by atoms with Gasteiger partial charge >= 0.3 is 5.97 Å². The van der Waals surface area contributed by atoms with E-state index in [0.29, 0.717) is 5.56 Å². The Hall–Kier alpha value is -0.960. The summed E-state index contributed by atoms with van der Waals surface area (Å²) in [4.78, 5) is 10.9. The largest absolute Gasteiger partial charge is 0.478 e. The molecule has 0 unspecified atom stereocenters. The van der Waals surface area contributed by atoms with Gasteiger partial charge in [-0.15, -0.1) is 0 Å². The van der Waals surface area contributed by atoms with Crippen LogP contribution in [-0.4, -0.2) is 16.3 Å². The first kappa shape index (κ1) is 12.5. The van der Waals surface area contributed by atoms with Crippen molar-refractivity contribution in [2.45, 2.75) is 43.1 Å². The lowest BCUT2D eigenvalue weighted by atomic mass is 10.0. The van der Waals surface area contributed by atoms with Crippen LogP contribution < -0.4 is 0 Å². The topological polar surface area (TPSA) is 37.3 Å². The van der Waals surface area contributed by atoms with Gasteiger partial charge in [0.15, 0.2) is 0 Å². The van der Waals surface area contributed by atoms with Crippen LogP contribution in [0.1, 0.15) is 48.0 Å². The number of rotatable bonds is 4. The number of hydrogen-bond acceptors (Lipinski definition) is 2. The van der Waals surface area contributed by atoms with E-state index in [2.05, 4.69) is 0 Å². The number of hydrogen-bond donors (Lipinski definition) is 1. The molecule has 0 amide bonds. The molecule has 1 aromatic carbocycles. The summed E-state index contributed by atoms with van der Waals surface area (Å²) in [7, 11) is 0. The minimum atomic E-state index is -0.838. The van der Waals surface area contributed by atoms with E-state index in [0.717, 1.165) is 16.6 Å². The molecule has 2 rings (SSSR count). The van der Waals surface area contributed by atoms with Gasteiger partial charge in [0.2, 0.25) is 0 Å². The van der Waals surface area contributed by atoms with Crippen molar-refractivity contribution in [3.63, 3.8) is 0 Å². The van der Waals surface area contributed by atoms with Crippen LogP contribution in [0.3, 0.4) is 0 Å². The molecular formula is C14H18O2S. The lowest BCUT2D eigenvalue weighted by Gasteiger charge is -2.20. The molecule has 1 fully saturated rings. The Morgan fingerprint density at radius 2 is 2.06 bits per heavy atom. The van der Waals surface area contributed by atoms with Crippen molar-refractivity contribution in [2.24, 2.45) is 0 Å². The van der Waals surface area contributed by atoms with E-state index in [-0.39, 0.29) is 0 Å². The normalized spacial score (nSPS) is 16.9. The summed E-state index contributed by atoms with van der Waals surface area (Å²) in [6.45, 7) is 0. The first-order chi connectivity index (χ1) is 8.25. The molecule has 1 aliphatic rings. The molecule has 0 heterocycles. The van der Waals surface area contributed by atoms with Crippen LogP contribution in [0.5, 0.6) is 0 Å². The monoisotopic (exact) mass is 250 g/mol. The molecule has 1 saturated carbocycles. The van der Waals surface area contributed by atoms with Crippen molar-refractivity contribution in [3.8, 4) is 0 Å². The second-order valence-corrected chi connectivity index (χ2v) is 5.87. The van der Waals surface area contributed by atoms with Crippen molar-refractivity contribution in [2.75, 3.05) is 0 Å². The van der Waals surface area contributed by atoms with Gasteiger partial charge in [-0.25, -0.2) is 4.79 Å². The molecule has 0 spiro atoms. The minimum absolute atomic E-state index is 0.395. The lowest BCUT2D eigenvalue weighted by Crippen LogP contribution is -2.08. The summed E-state index contributed by atoms with van der Waals surface area (Å²) < 4.78 is 0. The van der Waals surface area contributed by atoms with E-state index in [1.807, 2.05) is 23.9 Å². The maximum Gasteiger partial charge on any atom is 0.335 e. The second kappa shape index (κ2) is 6.10. The zero-order chi connectivity index (χ0) is 12.1. The van der Waals surface area contributed by atoms with Crippen molar-refractivity contribution in [1.29, 1.82) is 0 Å². The van der Waals surface area contributed by atoms with E-state index < -0.39 is 5.97 Å². The van der Waals surface area contributed by atoms with Gasteiger partial charge in [-0.3, -0.25) is 0 Å². The maximum atomic E-state index is 10.9. The molecule has 3 heteroatoms. The average Bonchev–Trinajstić information content (AvgIpc) is 2.38. The Kier molecular flexibility index (Phi) is 4.49. The minimum Gasteiger partial charge on any atom is -0.478 e. The second-order valence-electron chi connectivity index (χ2n) is 4.58. The summed E-state index contributed by atoms with van der Waals surface area (Å²) in [6, 6.07) is 7.29. The molecule has 2 nitrogen and oxygen atoms in total. The van der Waals surface area contributed by atoms with Crippen molar-refractivity contribution < 1.29 is 9.90 Å². The smallest absolute Gasteiger partial charge is 0.335 e. The van der Waals surface area contributed by atoms with Gasteiger partial charge in [0.05, 0.1) is 5.56 Å². The van der Waals surface area contributed by atoms with Crippen LogP contribution >= 0.6 is 11.8 Å². The quantitative estimate of drug-likeness (QED) is 0.879. The van der Waals surface area contributed by atoms with Crippen LogP contribution in [0.2, 0.25) is 0 Å². The summed E-state index contributed by atoms with van der Waals surface area (Å²) in [6.07, 6.45) is 6.73. The fourth-order valence-electron chi connectivity index (χ4n) is 2.24. The van der Waals surface area contributed by atoms with Gasteiger partial charge in [0, 0.05) is 11.0 Å². The SMILES string of the molecule is O=C(O)c1cccc(CSC2CCCCC2)c1. The molecule has 0 bridgehead atoms. The highest BCUT2D eigenvalue weighted by Gasteiger charge is 2.13. The molecular weight excluding hydrogens is 232 g/mol. The summed E-state index contributed by atoms with van der Waals surface area (Å²) >= 11 is 1.98. The van der Waals surface area contributed by atoms with Gasteiger partial charge < -0.3 is 5.11 Å². The molecule has 1 aromatic rings. The fraction of sp³-hybridized carbons (Fsp3) is 0.500. The van der Waals surface area contributed by atoms with Gasteiger partial charge in [0.1, 0.15) is 0 Å². The number of carboxylic acid groups (broad SMARTS) is 1. The van der Waals surface area contributed by atoms with Crippen LogP contribution in [-0.2, 0) is 5.75 Å². The first-order valence-corrected chi connectivity index (χ1v) is 7.24. The van der Waals surface area contributed by atoms with Gasteiger partial charge in [-0.1, -0.05) is 31.4 Å². The number of benzene rings is 1. The van der Waals surface area contributed by atoms with E-state index >= 15 is 0 Å². The van der Waals surface area contributed by atoms with Crippen molar-refractivity contribution >= 4 is 17.7 Å². The predicted octanol–water partition coefficient (Wildman–Crippen LogP) is 3.95. The highest BCUT2D eigenvalue weighted by Crippen LogP contribution is 2.30. The van der Waals surface area contributed by atoms with E-state index in [9.17, 15) is 4.79 Å². The molecule has 92 valence electrons. The molecule has 1 N–H and O–H groups in total. The molecule has 0 aliphatic heterocycles. The molecule has 0 radical (unpaired) electrons. The van der Waals surface area contributed by atoms with Crippen molar-refractivity contribution in [3.05, 3.63) is 35.4 Å². The van der Waals surface area contributed by atoms with Crippen LogP contribution in [0.15, 0.2) is 24.3 Å². The predicted molar refractivity (Wildman–Crippen MR) is 71.6 cm³/mol. The summed E-state index contributed by atoms with van der Waals surface area (Å²) in [5.41, 5.74) is 1.52. The highest BCUT2D eigenvalue weighted by molar-refractivity contribution is 7.99. The number of carboxylic acids is 1. The number of aromatic carboxylic acids is 1. The highest BCUT2D eigenvalue weighted by atomic mass is 32.2. The Bertz CT molecular complexity index is 384. The van der Waals surface area contributed by atoms with E-state index in [1.54, 1.807) is 12.1 Å². The van der Waals surface area contributed by atoms with Gasteiger partial charge in [-0.05, 0) is 30.5 Å².